The Kier molecular flexibility index (Phi) is 10.1. The standard InChI is InChI=1S/C24H30N2O5/c1-3-4-15-20(26-24(29)31-17-19-13-9-6-10-14-19)22(27)25-21(23(28)30-2)16-18-11-7-5-8-12-18/h5-14,20-21H,3-4,15-17H2,1-2H3,(H,25,27)(H,26,29). The van der Waals surface area contributed by atoms with Gasteiger partial charge in [-0.05, 0) is 17.5 Å². The van der Waals surface area contributed by atoms with E-state index in [1.807, 2.05) is 67.6 Å². The maximum absolute atomic E-state index is 12.9. The molecule has 0 spiro atoms. The van der Waals surface area contributed by atoms with Crippen LogP contribution in [0.5, 0.6) is 0 Å². The molecular formula is C24H30N2O5. The van der Waals surface area contributed by atoms with Crippen molar-refractivity contribution in [3.05, 3.63) is 71.8 Å². The van der Waals surface area contributed by atoms with Gasteiger partial charge in [-0.2, -0.15) is 0 Å². The highest BCUT2D eigenvalue weighted by molar-refractivity contribution is 5.89. The molecule has 0 aromatic heterocycles. The minimum atomic E-state index is -0.855. The fourth-order valence-corrected chi connectivity index (χ4v) is 3.04. The topological polar surface area (TPSA) is 93.7 Å². The summed E-state index contributed by atoms with van der Waals surface area (Å²) in [6.07, 6.45) is 1.63. The summed E-state index contributed by atoms with van der Waals surface area (Å²) in [6, 6.07) is 16.9. The molecule has 0 heterocycles. The Balaban J connectivity index is 1.99. The number of nitrogens with one attached hydrogen (secondary N) is 2. The second-order valence-corrected chi connectivity index (χ2v) is 7.17. The molecule has 166 valence electrons. The number of methoxy groups -OCH3 is 1. The lowest BCUT2D eigenvalue weighted by Gasteiger charge is -2.22. The summed E-state index contributed by atoms with van der Waals surface area (Å²) in [5, 5.41) is 5.34. The Hall–Kier alpha value is -3.35. The highest BCUT2D eigenvalue weighted by Gasteiger charge is 2.27. The van der Waals surface area contributed by atoms with E-state index < -0.39 is 30.1 Å². The van der Waals surface area contributed by atoms with Gasteiger partial charge >= 0.3 is 12.1 Å². The minimum absolute atomic E-state index is 0.105. The molecule has 2 aromatic carbocycles. The third-order valence-electron chi connectivity index (χ3n) is 4.75. The molecule has 2 unspecified atom stereocenters. The van der Waals surface area contributed by atoms with Crippen LogP contribution in [0.25, 0.3) is 0 Å². The van der Waals surface area contributed by atoms with Crippen LogP contribution in [-0.4, -0.2) is 37.2 Å². The lowest BCUT2D eigenvalue weighted by molar-refractivity contribution is -0.145. The molecule has 0 aliphatic carbocycles. The molecule has 0 radical (unpaired) electrons. The molecule has 0 aliphatic rings. The zero-order valence-corrected chi connectivity index (χ0v) is 18.0. The van der Waals surface area contributed by atoms with Crippen LogP contribution in [-0.2, 0) is 32.1 Å². The van der Waals surface area contributed by atoms with E-state index in [0.29, 0.717) is 6.42 Å². The first kappa shape index (κ1) is 23.9. The van der Waals surface area contributed by atoms with Gasteiger partial charge in [-0.15, -0.1) is 0 Å². The molecule has 7 heteroatoms. The summed E-state index contributed by atoms with van der Waals surface area (Å²) in [4.78, 5) is 37.4. The van der Waals surface area contributed by atoms with Crippen molar-refractivity contribution in [1.82, 2.24) is 10.6 Å². The Labute approximate surface area is 183 Å². The first-order valence-electron chi connectivity index (χ1n) is 10.4. The van der Waals surface area contributed by atoms with Gasteiger partial charge in [-0.25, -0.2) is 9.59 Å². The predicted octanol–water partition coefficient (Wildman–Crippen LogP) is 3.37. The van der Waals surface area contributed by atoms with Crippen LogP contribution >= 0.6 is 0 Å². The van der Waals surface area contributed by atoms with Crippen LogP contribution in [0.4, 0.5) is 4.79 Å². The highest BCUT2D eigenvalue weighted by Crippen LogP contribution is 2.08. The molecule has 0 saturated carbocycles. The lowest BCUT2D eigenvalue weighted by Crippen LogP contribution is -2.52. The maximum atomic E-state index is 12.9. The Morgan fingerprint density at radius 3 is 2.06 bits per heavy atom. The van der Waals surface area contributed by atoms with E-state index in [1.54, 1.807) is 0 Å². The minimum Gasteiger partial charge on any atom is -0.467 e. The van der Waals surface area contributed by atoms with E-state index in [4.69, 9.17) is 9.47 Å². The van der Waals surface area contributed by atoms with Crippen LogP contribution in [0.3, 0.4) is 0 Å². The molecule has 2 rings (SSSR count). The SMILES string of the molecule is CCCCC(NC(=O)OCc1ccccc1)C(=O)NC(Cc1ccccc1)C(=O)OC. The summed E-state index contributed by atoms with van der Waals surface area (Å²) in [5.74, 6) is -0.991. The van der Waals surface area contributed by atoms with Gasteiger partial charge < -0.3 is 20.1 Å². The number of carbonyl (C=O) groups excluding carboxylic acids is 3. The van der Waals surface area contributed by atoms with E-state index in [-0.39, 0.29) is 13.0 Å². The van der Waals surface area contributed by atoms with Crippen LogP contribution in [0.2, 0.25) is 0 Å². The molecule has 7 nitrogen and oxygen atoms in total. The second-order valence-electron chi connectivity index (χ2n) is 7.17. The predicted molar refractivity (Wildman–Crippen MR) is 117 cm³/mol. The third kappa shape index (κ3) is 8.50. The average Bonchev–Trinajstić information content (AvgIpc) is 2.80. The summed E-state index contributed by atoms with van der Waals surface area (Å²) >= 11 is 0. The van der Waals surface area contributed by atoms with Crippen molar-refractivity contribution in [3.63, 3.8) is 0 Å². The molecule has 0 saturated heterocycles. The Bertz CT molecular complexity index is 826. The van der Waals surface area contributed by atoms with E-state index in [2.05, 4.69) is 10.6 Å². The Morgan fingerprint density at radius 2 is 1.48 bits per heavy atom. The molecular weight excluding hydrogens is 396 g/mol. The summed E-state index contributed by atoms with van der Waals surface area (Å²) < 4.78 is 10.1. The number of alkyl carbamates (subject to hydrolysis) is 1. The van der Waals surface area contributed by atoms with Gasteiger partial charge in [-0.1, -0.05) is 80.4 Å². The molecule has 31 heavy (non-hydrogen) atoms. The van der Waals surface area contributed by atoms with Gasteiger partial charge in [0, 0.05) is 6.42 Å². The van der Waals surface area contributed by atoms with Crippen molar-refractivity contribution in [2.75, 3.05) is 7.11 Å². The smallest absolute Gasteiger partial charge is 0.408 e. The fourth-order valence-electron chi connectivity index (χ4n) is 3.04. The third-order valence-corrected chi connectivity index (χ3v) is 4.75. The average molecular weight is 427 g/mol. The summed E-state index contributed by atoms with van der Waals surface area (Å²) in [7, 11) is 1.28. The maximum Gasteiger partial charge on any atom is 0.408 e. The first-order valence-corrected chi connectivity index (χ1v) is 10.4. The van der Waals surface area contributed by atoms with E-state index in [0.717, 1.165) is 24.0 Å². The van der Waals surface area contributed by atoms with Gasteiger partial charge in [0.05, 0.1) is 7.11 Å². The first-order chi connectivity index (χ1) is 15.0. The van der Waals surface area contributed by atoms with Crippen LogP contribution < -0.4 is 10.6 Å². The lowest BCUT2D eigenvalue weighted by atomic mass is 10.0. The highest BCUT2D eigenvalue weighted by atomic mass is 16.5. The van der Waals surface area contributed by atoms with Crippen molar-refractivity contribution in [1.29, 1.82) is 0 Å². The van der Waals surface area contributed by atoms with E-state index >= 15 is 0 Å². The summed E-state index contributed by atoms with van der Waals surface area (Å²) in [5.41, 5.74) is 1.74. The zero-order chi connectivity index (χ0) is 22.5. The van der Waals surface area contributed by atoms with Gasteiger partial charge in [0.1, 0.15) is 18.7 Å². The number of unbranched alkanes of at least 4 members (excludes halogenated alkanes) is 1. The molecule has 2 N–H and O–H groups in total. The molecule has 0 bridgehead atoms. The van der Waals surface area contributed by atoms with Crippen LogP contribution in [0.1, 0.15) is 37.3 Å². The number of esters is 1. The van der Waals surface area contributed by atoms with Crippen molar-refractivity contribution in [2.24, 2.45) is 0 Å². The van der Waals surface area contributed by atoms with Gasteiger partial charge in [0.25, 0.3) is 0 Å². The van der Waals surface area contributed by atoms with Gasteiger partial charge in [0.2, 0.25) is 5.91 Å². The number of hydrogen-bond donors (Lipinski definition) is 2. The summed E-state index contributed by atoms with van der Waals surface area (Å²) in [6.45, 7) is 2.10. The number of amides is 2. The molecule has 2 atom stereocenters. The van der Waals surface area contributed by atoms with Gasteiger partial charge in [-0.3, -0.25) is 4.79 Å². The Morgan fingerprint density at radius 1 is 0.871 bits per heavy atom. The second kappa shape index (κ2) is 13.1. The largest absolute Gasteiger partial charge is 0.467 e. The van der Waals surface area contributed by atoms with Crippen molar-refractivity contribution in [2.45, 2.75) is 51.3 Å². The monoisotopic (exact) mass is 426 g/mol. The normalized spacial score (nSPS) is 12.3. The van der Waals surface area contributed by atoms with E-state index in [9.17, 15) is 14.4 Å². The van der Waals surface area contributed by atoms with Crippen LogP contribution in [0.15, 0.2) is 60.7 Å². The molecule has 0 fully saturated rings. The quantitative estimate of drug-likeness (QED) is 0.538. The van der Waals surface area contributed by atoms with Crippen molar-refractivity contribution >= 4 is 18.0 Å². The molecule has 0 aliphatic heterocycles. The number of rotatable bonds is 11. The number of ether oxygens (including phenoxy) is 2. The zero-order valence-electron chi connectivity index (χ0n) is 18.0. The molecule has 2 amide bonds. The van der Waals surface area contributed by atoms with Crippen LogP contribution in [0, 0.1) is 0 Å². The van der Waals surface area contributed by atoms with E-state index in [1.165, 1.54) is 7.11 Å². The molecule has 2 aromatic rings. The van der Waals surface area contributed by atoms with Gasteiger partial charge in [0.15, 0.2) is 0 Å². The number of hydrogen-bond acceptors (Lipinski definition) is 5. The van der Waals surface area contributed by atoms with Crippen molar-refractivity contribution in [3.8, 4) is 0 Å². The number of carbonyl (C=O) groups is 3. The fraction of sp³-hybridized carbons (Fsp3) is 0.375. The number of benzene rings is 2. The van der Waals surface area contributed by atoms with Crippen molar-refractivity contribution < 1.29 is 23.9 Å².